The zero-order valence-corrected chi connectivity index (χ0v) is 29.9. The number of carbonyl (C=O) groups is 2. The van der Waals surface area contributed by atoms with Crippen LogP contribution in [-0.4, -0.2) is 47.4 Å². The van der Waals surface area contributed by atoms with Crippen LogP contribution in [0, 0.1) is 51.9 Å². The maximum atomic E-state index is 12.1. The van der Waals surface area contributed by atoms with Crippen LogP contribution in [-0.2, 0) is 14.3 Å². The first-order chi connectivity index (χ1) is 21.9. The van der Waals surface area contributed by atoms with Crippen molar-refractivity contribution in [2.24, 2.45) is 51.1 Å². The van der Waals surface area contributed by atoms with Crippen molar-refractivity contribution in [3.05, 3.63) is 46.3 Å². The standard InChI is InChI=1S/C40H57N2O5/c1-25(43)47-24-38(7,45)40(42-8)23-22-39(41)21-20-36(5)29(32(39)40)14-15-31-35(4)18-16-28(26-10-12-27(13-11-26)33(44)46-9)34(2,3)30(35)17-19-37(31,36)6/h8,10-13,16,29-32,45H,14-15,17-24,41H2,1-7,9H3/q+1. The normalized spacial score (nSPS) is 43.0. The molecular weight excluding hydrogens is 588 g/mol. The molecule has 7 heteroatoms. The van der Waals surface area contributed by atoms with Crippen LogP contribution >= 0.6 is 0 Å². The van der Waals surface area contributed by atoms with E-state index in [0.29, 0.717) is 23.8 Å². The topological polar surface area (TPSA) is 103 Å². The van der Waals surface area contributed by atoms with Gasteiger partial charge in [-0.15, -0.1) is 0 Å². The van der Waals surface area contributed by atoms with Crippen LogP contribution < -0.4 is 5.73 Å². The number of aliphatic hydroxyl groups is 1. The smallest absolute Gasteiger partial charge is 0.337 e. The van der Waals surface area contributed by atoms with Crippen molar-refractivity contribution in [3.8, 4) is 6.57 Å². The molecule has 0 aliphatic heterocycles. The second-order valence-electron chi connectivity index (χ2n) is 17.6. The third kappa shape index (κ3) is 4.56. The molecule has 47 heavy (non-hydrogen) atoms. The Morgan fingerprint density at radius 3 is 2.26 bits per heavy atom. The summed E-state index contributed by atoms with van der Waals surface area (Å²) in [4.78, 5) is 28.5. The summed E-state index contributed by atoms with van der Waals surface area (Å²) in [6.45, 7) is 21.8. The molecule has 3 N–H and O–H groups in total. The number of methoxy groups -OCH3 is 1. The first-order valence-corrected chi connectivity index (χ1v) is 17.8. The highest BCUT2D eigenvalue weighted by Crippen LogP contribution is 2.77. The Balaban J connectivity index is 1.36. The molecule has 0 saturated heterocycles. The van der Waals surface area contributed by atoms with E-state index >= 15 is 0 Å². The molecule has 256 valence electrons. The van der Waals surface area contributed by atoms with Crippen molar-refractivity contribution >= 4 is 17.5 Å². The lowest BCUT2D eigenvalue weighted by molar-refractivity contribution is -0.225. The third-order valence-electron chi connectivity index (χ3n) is 15.5. The molecule has 0 aromatic heterocycles. The highest BCUT2D eigenvalue weighted by Gasteiger charge is 2.78. The van der Waals surface area contributed by atoms with Gasteiger partial charge in [-0.2, -0.15) is 0 Å². The van der Waals surface area contributed by atoms with Gasteiger partial charge in [0.25, 0.3) is 6.57 Å². The van der Waals surface area contributed by atoms with Gasteiger partial charge in [-0.1, -0.05) is 57.7 Å². The van der Waals surface area contributed by atoms with Crippen LogP contribution in [0.4, 0.5) is 0 Å². The van der Waals surface area contributed by atoms with Gasteiger partial charge in [-0.05, 0) is 121 Å². The van der Waals surface area contributed by atoms with Crippen LogP contribution in [0.25, 0.3) is 10.4 Å². The second-order valence-corrected chi connectivity index (χ2v) is 17.6. The predicted octanol–water partition coefficient (Wildman–Crippen LogP) is 7.66. The highest BCUT2D eigenvalue weighted by molar-refractivity contribution is 5.90. The Bertz CT molecular complexity index is 1520. The molecule has 6 rings (SSSR count). The lowest BCUT2D eigenvalue weighted by atomic mass is 9.32. The van der Waals surface area contributed by atoms with Gasteiger partial charge in [-0.3, -0.25) is 4.79 Å². The first kappa shape index (κ1) is 34.2. The van der Waals surface area contributed by atoms with Crippen LogP contribution in [0.5, 0.6) is 0 Å². The van der Waals surface area contributed by atoms with E-state index in [4.69, 9.17) is 21.8 Å². The minimum absolute atomic E-state index is 0.00687. The minimum atomic E-state index is -1.43. The number of nitrogens with zero attached hydrogens (tertiary/aromatic N) is 1. The fraction of sp³-hybridized carbons (Fsp3) is 0.725. The zero-order chi connectivity index (χ0) is 34.4. The van der Waals surface area contributed by atoms with Gasteiger partial charge in [0.15, 0.2) is 5.60 Å². The van der Waals surface area contributed by atoms with Gasteiger partial charge in [0.05, 0.1) is 18.6 Å². The Kier molecular flexibility index (Phi) is 7.93. The number of hydrogen-bond acceptors (Lipinski definition) is 6. The summed E-state index contributed by atoms with van der Waals surface area (Å²) in [5.74, 6) is 0.458. The number of ether oxygens (including phenoxy) is 2. The number of carbonyl (C=O) groups excluding carboxylic acids is 2. The molecule has 4 fully saturated rings. The van der Waals surface area contributed by atoms with E-state index in [1.165, 1.54) is 25.2 Å². The maximum Gasteiger partial charge on any atom is 0.337 e. The maximum absolute atomic E-state index is 12.1. The van der Waals surface area contributed by atoms with Crippen molar-refractivity contribution in [2.45, 2.75) is 123 Å². The zero-order valence-electron chi connectivity index (χ0n) is 29.9. The van der Waals surface area contributed by atoms with E-state index in [2.05, 4.69) is 57.7 Å². The van der Waals surface area contributed by atoms with Gasteiger partial charge in [-0.25, -0.2) is 4.79 Å². The van der Waals surface area contributed by atoms with Crippen LogP contribution in [0.15, 0.2) is 30.3 Å². The molecule has 1 aromatic carbocycles. The number of fused-ring (bicyclic) bond motifs is 7. The second kappa shape index (κ2) is 10.9. The summed E-state index contributed by atoms with van der Waals surface area (Å²) >= 11 is 0. The van der Waals surface area contributed by atoms with Crippen molar-refractivity contribution < 1.29 is 24.2 Å². The van der Waals surface area contributed by atoms with Gasteiger partial charge in [0.2, 0.25) is 0 Å². The number of nitrogens with two attached hydrogens (primary N) is 1. The molecule has 0 radical (unpaired) electrons. The number of allylic oxidation sites excluding steroid dienone is 2. The van der Waals surface area contributed by atoms with Gasteiger partial charge in [0, 0.05) is 18.9 Å². The minimum Gasteiger partial charge on any atom is -0.465 e. The fourth-order valence-electron chi connectivity index (χ4n) is 13.0. The molecule has 10 atom stereocenters. The van der Waals surface area contributed by atoms with Crippen molar-refractivity contribution in [1.82, 2.24) is 0 Å². The molecular formula is C40H57N2O5+. The number of benzene rings is 1. The van der Waals surface area contributed by atoms with Crippen molar-refractivity contribution in [1.29, 1.82) is 0 Å². The van der Waals surface area contributed by atoms with Gasteiger partial charge < -0.3 is 20.3 Å². The molecule has 0 heterocycles. The predicted molar refractivity (Wildman–Crippen MR) is 185 cm³/mol. The van der Waals surface area contributed by atoms with Crippen LogP contribution in [0.2, 0.25) is 0 Å². The SMILES string of the molecule is C#[N+]C1(C(C)(O)COC(C)=O)CCC2(N)CCC3(C)C(CCC4C5(C)CC=C(c6ccc(C(=O)OC)cc6)C(C)(C)C5CCC43C)C21. The summed E-state index contributed by atoms with van der Waals surface area (Å²) in [6, 6.07) is 7.92. The first-order valence-electron chi connectivity index (χ1n) is 17.8. The van der Waals surface area contributed by atoms with Gasteiger partial charge in [0.1, 0.15) is 6.61 Å². The average Bonchev–Trinajstić information content (AvgIpc) is 3.34. The lowest BCUT2D eigenvalue weighted by Crippen LogP contribution is -2.71. The van der Waals surface area contributed by atoms with E-state index in [1.54, 1.807) is 6.92 Å². The third-order valence-corrected chi connectivity index (χ3v) is 15.5. The Labute approximate surface area is 281 Å². The summed E-state index contributed by atoms with van der Waals surface area (Å²) in [5.41, 5.74) is 7.77. The molecule has 1 aromatic rings. The summed E-state index contributed by atoms with van der Waals surface area (Å²) in [5, 5.41) is 12.0. The Morgan fingerprint density at radius 2 is 1.64 bits per heavy atom. The molecule has 5 aliphatic rings. The van der Waals surface area contributed by atoms with Crippen LogP contribution in [0.1, 0.15) is 122 Å². The van der Waals surface area contributed by atoms with E-state index in [0.717, 1.165) is 51.4 Å². The van der Waals surface area contributed by atoms with E-state index in [9.17, 15) is 14.7 Å². The summed E-state index contributed by atoms with van der Waals surface area (Å²) in [6.07, 6.45) is 11.2. The van der Waals surface area contributed by atoms with Gasteiger partial charge >= 0.3 is 17.5 Å². The molecule has 4 saturated carbocycles. The van der Waals surface area contributed by atoms with Crippen molar-refractivity contribution in [3.63, 3.8) is 0 Å². The molecule has 5 aliphatic carbocycles. The van der Waals surface area contributed by atoms with Crippen LogP contribution in [0.3, 0.4) is 0 Å². The molecule has 7 nitrogen and oxygen atoms in total. The summed E-state index contributed by atoms with van der Waals surface area (Å²) in [7, 11) is 1.42. The number of rotatable bonds is 5. The monoisotopic (exact) mass is 645 g/mol. The number of esters is 2. The van der Waals surface area contributed by atoms with Crippen molar-refractivity contribution in [2.75, 3.05) is 13.7 Å². The largest absolute Gasteiger partial charge is 0.465 e. The fourth-order valence-corrected chi connectivity index (χ4v) is 13.0. The summed E-state index contributed by atoms with van der Waals surface area (Å²) < 4.78 is 10.3. The molecule has 10 unspecified atom stereocenters. The number of hydrogen-bond donors (Lipinski definition) is 2. The van der Waals surface area contributed by atoms with E-state index in [-0.39, 0.29) is 46.1 Å². The molecule has 0 amide bonds. The molecule has 0 spiro atoms. The quantitative estimate of drug-likeness (QED) is 0.319. The van der Waals surface area contributed by atoms with E-state index < -0.39 is 22.6 Å². The Hall–Kier alpha value is -2.69. The van der Waals surface area contributed by atoms with E-state index in [1.807, 2.05) is 12.1 Å². The average molecular weight is 646 g/mol. The molecule has 0 bridgehead atoms. The Morgan fingerprint density at radius 1 is 0.979 bits per heavy atom. The highest BCUT2D eigenvalue weighted by atomic mass is 16.5. The lowest BCUT2D eigenvalue weighted by Gasteiger charge is -2.72.